The van der Waals surface area contributed by atoms with Crippen LogP contribution in [0.25, 0.3) is 0 Å². The minimum absolute atomic E-state index is 0.0114. The molecule has 1 aromatic carbocycles. The summed E-state index contributed by atoms with van der Waals surface area (Å²) in [6.07, 6.45) is -4.56. The van der Waals surface area contributed by atoms with Gasteiger partial charge in [0.05, 0.1) is 11.3 Å². The number of anilines is 2. The Labute approximate surface area is 147 Å². The van der Waals surface area contributed by atoms with Gasteiger partial charge in [0.1, 0.15) is 5.69 Å². The van der Waals surface area contributed by atoms with E-state index in [0.717, 1.165) is 12.1 Å². The Morgan fingerprint density at radius 1 is 1.19 bits per heavy atom. The minimum Gasteiger partial charge on any atom is -0.336 e. The number of halogens is 3. The van der Waals surface area contributed by atoms with E-state index in [2.05, 4.69) is 15.6 Å². The van der Waals surface area contributed by atoms with E-state index in [1.54, 1.807) is 29.2 Å². The molecule has 1 saturated heterocycles. The second-order valence-corrected chi connectivity index (χ2v) is 5.71. The molecule has 2 aromatic rings. The van der Waals surface area contributed by atoms with Crippen LogP contribution >= 0.6 is 0 Å². The van der Waals surface area contributed by atoms with Crippen molar-refractivity contribution in [1.82, 2.24) is 10.3 Å². The number of rotatable bonds is 3. The van der Waals surface area contributed by atoms with Crippen molar-refractivity contribution in [2.45, 2.75) is 13.1 Å². The van der Waals surface area contributed by atoms with E-state index in [0.29, 0.717) is 24.5 Å². The zero-order chi connectivity index (χ0) is 18.9. The summed E-state index contributed by atoms with van der Waals surface area (Å²) in [6, 6.07) is 8.28. The lowest BCUT2D eigenvalue weighted by molar-refractivity contribution is -0.141. The first-order valence-corrected chi connectivity index (χ1v) is 7.77. The van der Waals surface area contributed by atoms with Gasteiger partial charge < -0.3 is 10.6 Å². The zero-order valence-corrected chi connectivity index (χ0v) is 13.7. The first kappa shape index (κ1) is 17.7. The average Bonchev–Trinajstić information content (AvgIpc) is 3.00. The molecule has 0 aliphatic carbocycles. The van der Waals surface area contributed by atoms with Crippen LogP contribution in [0, 0.1) is 6.92 Å². The number of nitrogens with zero attached hydrogens (tertiary/aromatic N) is 2. The van der Waals surface area contributed by atoms with Crippen molar-refractivity contribution >= 4 is 23.3 Å². The van der Waals surface area contributed by atoms with Gasteiger partial charge in [0.25, 0.3) is 5.91 Å². The number of aromatic nitrogens is 1. The van der Waals surface area contributed by atoms with Crippen LogP contribution in [-0.4, -0.2) is 30.0 Å². The van der Waals surface area contributed by atoms with Crippen molar-refractivity contribution in [3.8, 4) is 0 Å². The highest BCUT2D eigenvalue weighted by Gasteiger charge is 2.33. The summed E-state index contributed by atoms with van der Waals surface area (Å²) in [7, 11) is 0. The number of alkyl halides is 3. The number of amides is 3. The third kappa shape index (κ3) is 3.61. The summed E-state index contributed by atoms with van der Waals surface area (Å²) in [5.41, 5.74) is 0.145. The third-order valence-corrected chi connectivity index (χ3v) is 3.91. The quantitative estimate of drug-likeness (QED) is 0.878. The van der Waals surface area contributed by atoms with E-state index in [1.807, 2.05) is 0 Å². The molecule has 136 valence electrons. The Hall–Kier alpha value is -3.10. The molecule has 0 spiro atoms. The van der Waals surface area contributed by atoms with Crippen LogP contribution < -0.4 is 15.5 Å². The highest BCUT2D eigenvalue weighted by atomic mass is 19.4. The van der Waals surface area contributed by atoms with Crippen molar-refractivity contribution in [1.29, 1.82) is 0 Å². The first-order chi connectivity index (χ1) is 12.3. The van der Waals surface area contributed by atoms with Gasteiger partial charge in [0.2, 0.25) is 0 Å². The smallest absolute Gasteiger partial charge is 0.336 e. The molecule has 1 aromatic heterocycles. The molecule has 0 unspecified atom stereocenters. The van der Waals surface area contributed by atoms with Gasteiger partial charge in [-0.05, 0) is 43.3 Å². The van der Waals surface area contributed by atoms with Crippen LogP contribution in [-0.2, 0) is 6.18 Å². The van der Waals surface area contributed by atoms with Gasteiger partial charge in [-0.25, -0.2) is 9.78 Å². The van der Waals surface area contributed by atoms with Crippen molar-refractivity contribution in [2.24, 2.45) is 0 Å². The zero-order valence-electron chi connectivity index (χ0n) is 13.7. The first-order valence-electron chi connectivity index (χ1n) is 7.77. The summed E-state index contributed by atoms with van der Waals surface area (Å²) < 4.78 is 37.9. The fraction of sp³-hybridized carbons (Fsp3) is 0.235. The number of urea groups is 1. The van der Waals surface area contributed by atoms with Crippen LogP contribution in [0.3, 0.4) is 0 Å². The van der Waals surface area contributed by atoms with Gasteiger partial charge in [0.15, 0.2) is 0 Å². The lowest BCUT2D eigenvalue weighted by atomic mass is 10.1. The third-order valence-electron chi connectivity index (χ3n) is 3.91. The predicted molar refractivity (Wildman–Crippen MR) is 89.1 cm³/mol. The van der Waals surface area contributed by atoms with E-state index in [1.165, 1.54) is 6.92 Å². The molecule has 0 bridgehead atoms. The van der Waals surface area contributed by atoms with E-state index in [4.69, 9.17) is 0 Å². The molecule has 0 radical (unpaired) electrons. The molecular weight excluding hydrogens is 349 g/mol. The van der Waals surface area contributed by atoms with Crippen LogP contribution in [0.5, 0.6) is 0 Å². The molecule has 2 heterocycles. The monoisotopic (exact) mass is 364 g/mol. The fourth-order valence-corrected chi connectivity index (χ4v) is 2.60. The van der Waals surface area contributed by atoms with E-state index < -0.39 is 17.8 Å². The molecule has 3 rings (SSSR count). The molecule has 0 atom stereocenters. The molecule has 0 saturated carbocycles. The normalized spacial score (nSPS) is 14.3. The Morgan fingerprint density at radius 2 is 1.88 bits per heavy atom. The summed E-state index contributed by atoms with van der Waals surface area (Å²) in [6.45, 7) is 2.47. The number of nitrogens with one attached hydrogen (secondary N) is 2. The number of aryl methyl sites for hydroxylation is 1. The predicted octanol–water partition coefficient (Wildman–Crippen LogP) is 3.19. The van der Waals surface area contributed by atoms with Crippen molar-refractivity contribution in [3.05, 3.63) is 53.3 Å². The average molecular weight is 364 g/mol. The Morgan fingerprint density at radius 3 is 2.42 bits per heavy atom. The maximum Gasteiger partial charge on any atom is 0.433 e. The van der Waals surface area contributed by atoms with Crippen LogP contribution in [0.1, 0.15) is 21.7 Å². The number of hydrogen-bond acceptors (Lipinski definition) is 3. The Kier molecular flexibility index (Phi) is 4.54. The number of pyridine rings is 1. The van der Waals surface area contributed by atoms with Crippen molar-refractivity contribution < 1.29 is 22.8 Å². The lowest BCUT2D eigenvalue weighted by Gasteiger charge is -2.15. The molecule has 2 N–H and O–H groups in total. The number of carbonyl (C=O) groups excluding carboxylic acids is 2. The molecule has 9 heteroatoms. The number of carbonyl (C=O) groups is 2. The van der Waals surface area contributed by atoms with Gasteiger partial charge in [-0.1, -0.05) is 0 Å². The fourth-order valence-electron chi connectivity index (χ4n) is 2.60. The summed E-state index contributed by atoms with van der Waals surface area (Å²) in [4.78, 5) is 28.9. The highest BCUT2D eigenvalue weighted by molar-refractivity contribution is 6.05. The van der Waals surface area contributed by atoms with Gasteiger partial charge in [-0.2, -0.15) is 13.2 Å². The van der Waals surface area contributed by atoms with Crippen molar-refractivity contribution in [2.75, 3.05) is 23.3 Å². The van der Waals surface area contributed by atoms with E-state index >= 15 is 0 Å². The molecule has 1 aliphatic rings. The second-order valence-electron chi connectivity index (χ2n) is 5.71. The molecule has 3 amide bonds. The maximum atomic E-state index is 12.6. The van der Waals surface area contributed by atoms with Gasteiger partial charge in [0, 0.05) is 24.5 Å². The maximum absolute atomic E-state index is 12.6. The molecule has 1 fully saturated rings. The van der Waals surface area contributed by atoms with Gasteiger partial charge >= 0.3 is 12.2 Å². The molecule has 1 aliphatic heterocycles. The van der Waals surface area contributed by atoms with E-state index in [-0.39, 0.29) is 17.3 Å². The minimum atomic E-state index is -4.56. The van der Waals surface area contributed by atoms with Crippen LogP contribution in [0.4, 0.5) is 29.3 Å². The molecule has 6 nitrogen and oxygen atoms in total. The Bertz CT molecular complexity index is 850. The summed E-state index contributed by atoms with van der Waals surface area (Å²) >= 11 is 0. The number of hydrogen-bond donors (Lipinski definition) is 2. The topological polar surface area (TPSA) is 74.3 Å². The lowest BCUT2D eigenvalue weighted by Crippen LogP contribution is -2.27. The molecular formula is C17H15F3N4O2. The standard InChI is InChI=1S/C17H15F3N4O2/c1-10-13(6-7-14(22-10)17(18,19)20)15(25)23-11-2-4-12(5-3-11)24-9-8-21-16(24)26/h2-7H,8-9H2,1H3,(H,21,26)(H,23,25). The highest BCUT2D eigenvalue weighted by Crippen LogP contribution is 2.28. The van der Waals surface area contributed by atoms with E-state index in [9.17, 15) is 22.8 Å². The second kappa shape index (κ2) is 6.66. The van der Waals surface area contributed by atoms with Gasteiger partial charge in [-0.15, -0.1) is 0 Å². The summed E-state index contributed by atoms with van der Waals surface area (Å²) in [5, 5.41) is 5.29. The van der Waals surface area contributed by atoms with Crippen LogP contribution in [0.15, 0.2) is 36.4 Å². The largest absolute Gasteiger partial charge is 0.433 e. The SMILES string of the molecule is Cc1nc(C(F)(F)F)ccc1C(=O)Nc1ccc(N2CCNC2=O)cc1. The van der Waals surface area contributed by atoms with Crippen molar-refractivity contribution in [3.63, 3.8) is 0 Å². The summed E-state index contributed by atoms with van der Waals surface area (Å²) in [5.74, 6) is -0.560. The van der Waals surface area contributed by atoms with Gasteiger partial charge in [-0.3, -0.25) is 9.69 Å². The van der Waals surface area contributed by atoms with Crippen LogP contribution in [0.2, 0.25) is 0 Å². The number of benzene rings is 1. The Balaban J connectivity index is 1.73. The molecule has 26 heavy (non-hydrogen) atoms.